The highest BCUT2D eigenvalue weighted by molar-refractivity contribution is 5.57. The van der Waals surface area contributed by atoms with Crippen molar-refractivity contribution in [3.63, 3.8) is 0 Å². The van der Waals surface area contributed by atoms with Crippen molar-refractivity contribution in [1.29, 1.82) is 0 Å². The summed E-state index contributed by atoms with van der Waals surface area (Å²) in [4.78, 5) is 4.26. The smallest absolute Gasteiger partial charge is 0.212 e. The van der Waals surface area contributed by atoms with Crippen molar-refractivity contribution in [3.8, 4) is 11.3 Å². The van der Waals surface area contributed by atoms with Crippen LogP contribution in [0.15, 0.2) is 59.1 Å². The summed E-state index contributed by atoms with van der Waals surface area (Å²) in [7, 11) is 0. The second kappa shape index (κ2) is 6.12. The van der Waals surface area contributed by atoms with Crippen LogP contribution in [-0.4, -0.2) is 4.98 Å². The lowest BCUT2D eigenvalue weighted by Crippen LogP contribution is -2.13. The van der Waals surface area contributed by atoms with Gasteiger partial charge < -0.3 is 10.2 Å². The number of oxazole rings is 1. The molecule has 0 fully saturated rings. The fourth-order valence-corrected chi connectivity index (χ4v) is 2.35. The lowest BCUT2D eigenvalue weighted by atomic mass is 10.1. The molecule has 3 aromatic rings. The van der Waals surface area contributed by atoms with E-state index in [-0.39, 0.29) is 11.9 Å². The van der Waals surface area contributed by atoms with Crippen molar-refractivity contribution in [3.05, 3.63) is 77.6 Å². The summed E-state index contributed by atoms with van der Waals surface area (Å²) >= 11 is 0. The molecule has 0 radical (unpaired) electrons. The topological polar surface area (TPSA) is 52.0 Å². The first kappa shape index (κ1) is 14.5. The largest absolute Gasteiger partial charge is 0.439 e. The molecule has 0 spiro atoms. The maximum absolute atomic E-state index is 13.3. The molecular weight excluding hydrogens is 279 g/mol. The van der Waals surface area contributed by atoms with E-state index in [2.05, 4.69) is 4.98 Å². The van der Waals surface area contributed by atoms with Gasteiger partial charge in [0.25, 0.3) is 0 Å². The van der Waals surface area contributed by atoms with Crippen molar-refractivity contribution < 1.29 is 8.81 Å². The van der Waals surface area contributed by atoms with Gasteiger partial charge in [-0.1, -0.05) is 30.3 Å². The molecule has 3 nitrogen and oxygen atoms in total. The van der Waals surface area contributed by atoms with Gasteiger partial charge in [-0.3, -0.25) is 0 Å². The molecule has 1 atom stereocenters. The molecule has 0 aliphatic heterocycles. The van der Waals surface area contributed by atoms with Gasteiger partial charge in [0.2, 0.25) is 5.89 Å². The van der Waals surface area contributed by atoms with Crippen LogP contribution in [0.5, 0.6) is 0 Å². The van der Waals surface area contributed by atoms with E-state index in [4.69, 9.17) is 10.2 Å². The molecule has 1 heterocycles. The highest BCUT2D eigenvalue weighted by atomic mass is 19.1. The summed E-state index contributed by atoms with van der Waals surface area (Å²) in [6, 6.07) is 14.5. The highest BCUT2D eigenvalue weighted by Crippen LogP contribution is 2.25. The van der Waals surface area contributed by atoms with E-state index >= 15 is 0 Å². The third-order valence-corrected chi connectivity index (χ3v) is 3.58. The normalized spacial score (nSPS) is 12.3. The molecule has 3 rings (SSSR count). The molecule has 1 aromatic heterocycles. The second-order valence-corrected chi connectivity index (χ2v) is 5.32. The van der Waals surface area contributed by atoms with Crippen molar-refractivity contribution in [2.24, 2.45) is 5.73 Å². The zero-order valence-corrected chi connectivity index (χ0v) is 12.3. The average Bonchev–Trinajstić information content (AvgIpc) is 3.01. The van der Waals surface area contributed by atoms with Gasteiger partial charge in [0.1, 0.15) is 5.82 Å². The van der Waals surface area contributed by atoms with Gasteiger partial charge in [0.15, 0.2) is 5.76 Å². The Hall–Kier alpha value is -2.46. The molecular formula is C18H17FN2O. The molecule has 2 N–H and O–H groups in total. The van der Waals surface area contributed by atoms with Crippen molar-refractivity contribution in [1.82, 2.24) is 4.98 Å². The summed E-state index contributed by atoms with van der Waals surface area (Å²) in [5.41, 5.74) is 8.66. The summed E-state index contributed by atoms with van der Waals surface area (Å²) in [6.07, 6.45) is 2.29. The zero-order chi connectivity index (χ0) is 15.5. The van der Waals surface area contributed by atoms with E-state index in [0.29, 0.717) is 23.6 Å². The standard InChI is InChI=1S/C18H17FN2O/c1-12-9-14(7-8-15(12)19)17-11-21-18(22-17)16(20)10-13-5-3-2-4-6-13/h2-9,11,16H,10,20H2,1H3. The highest BCUT2D eigenvalue weighted by Gasteiger charge is 2.15. The molecule has 0 aliphatic rings. The summed E-state index contributed by atoms with van der Waals surface area (Å²) in [5.74, 6) is 0.853. The van der Waals surface area contributed by atoms with Crippen molar-refractivity contribution in [2.75, 3.05) is 0 Å². The minimum Gasteiger partial charge on any atom is -0.439 e. The molecule has 0 bridgehead atoms. The van der Waals surface area contributed by atoms with Crippen LogP contribution in [0.25, 0.3) is 11.3 Å². The molecule has 4 heteroatoms. The maximum Gasteiger partial charge on any atom is 0.212 e. The third kappa shape index (κ3) is 3.07. The van der Waals surface area contributed by atoms with Gasteiger partial charge in [-0.2, -0.15) is 0 Å². The molecule has 112 valence electrons. The van der Waals surface area contributed by atoms with Gasteiger partial charge in [0, 0.05) is 5.56 Å². The monoisotopic (exact) mass is 296 g/mol. The molecule has 0 saturated carbocycles. The van der Waals surface area contributed by atoms with Crippen LogP contribution in [0.4, 0.5) is 4.39 Å². The molecule has 0 amide bonds. The minimum absolute atomic E-state index is 0.232. The lowest BCUT2D eigenvalue weighted by Gasteiger charge is -2.07. The predicted octanol–water partition coefficient (Wildman–Crippen LogP) is 4.03. The molecule has 1 unspecified atom stereocenters. The van der Waals surface area contributed by atoms with Crippen LogP contribution in [0.2, 0.25) is 0 Å². The maximum atomic E-state index is 13.3. The van der Waals surface area contributed by atoms with Gasteiger partial charge in [-0.15, -0.1) is 0 Å². The third-order valence-electron chi connectivity index (χ3n) is 3.58. The van der Waals surface area contributed by atoms with Crippen LogP contribution in [0.1, 0.15) is 23.1 Å². The Morgan fingerprint density at radius 1 is 1.18 bits per heavy atom. The Kier molecular flexibility index (Phi) is 4.02. The summed E-state index contributed by atoms with van der Waals surface area (Å²) in [5, 5.41) is 0. The fraction of sp³-hybridized carbons (Fsp3) is 0.167. The average molecular weight is 296 g/mol. The first-order valence-corrected chi connectivity index (χ1v) is 7.15. The Labute approximate surface area is 128 Å². The van der Waals surface area contributed by atoms with Crippen LogP contribution < -0.4 is 5.73 Å². The number of benzene rings is 2. The Morgan fingerprint density at radius 2 is 1.95 bits per heavy atom. The van der Waals surface area contributed by atoms with Gasteiger partial charge in [-0.25, -0.2) is 9.37 Å². The van der Waals surface area contributed by atoms with Crippen molar-refractivity contribution in [2.45, 2.75) is 19.4 Å². The molecule has 22 heavy (non-hydrogen) atoms. The second-order valence-electron chi connectivity index (χ2n) is 5.32. The number of aromatic nitrogens is 1. The van der Waals surface area contributed by atoms with Gasteiger partial charge >= 0.3 is 0 Å². The van der Waals surface area contributed by atoms with E-state index in [0.717, 1.165) is 11.1 Å². The quantitative estimate of drug-likeness (QED) is 0.790. The Morgan fingerprint density at radius 3 is 2.68 bits per heavy atom. The van der Waals surface area contributed by atoms with E-state index in [1.807, 2.05) is 30.3 Å². The van der Waals surface area contributed by atoms with E-state index in [9.17, 15) is 4.39 Å². The van der Waals surface area contributed by atoms with Crippen LogP contribution in [-0.2, 0) is 6.42 Å². The minimum atomic E-state index is -0.308. The zero-order valence-electron chi connectivity index (χ0n) is 12.3. The van der Waals surface area contributed by atoms with E-state index < -0.39 is 0 Å². The van der Waals surface area contributed by atoms with Crippen LogP contribution in [0.3, 0.4) is 0 Å². The van der Waals surface area contributed by atoms with Gasteiger partial charge in [-0.05, 0) is 42.7 Å². The Balaban J connectivity index is 1.79. The van der Waals surface area contributed by atoms with Crippen LogP contribution in [0, 0.1) is 12.7 Å². The predicted molar refractivity (Wildman–Crippen MR) is 83.7 cm³/mol. The number of halogens is 1. The lowest BCUT2D eigenvalue weighted by molar-refractivity contribution is 0.457. The van der Waals surface area contributed by atoms with E-state index in [1.54, 1.807) is 25.3 Å². The summed E-state index contributed by atoms with van der Waals surface area (Å²) < 4.78 is 19.1. The number of hydrogen-bond donors (Lipinski definition) is 1. The van der Waals surface area contributed by atoms with Gasteiger partial charge in [0.05, 0.1) is 12.2 Å². The summed E-state index contributed by atoms with van der Waals surface area (Å²) in [6.45, 7) is 1.72. The number of nitrogens with two attached hydrogens (primary N) is 1. The molecule has 0 aliphatic carbocycles. The molecule has 0 saturated heterocycles. The van der Waals surface area contributed by atoms with Crippen LogP contribution >= 0.6 is 0 Å². The number of nitrogens with zero attached hydrogens (tertiary/aromatic N) is 1. The first-order chi connectivity index (χ1) is 10.6. The number of rotatable bonds is 4. The SMILES string of the molecule is Cc1cc(-c2cnc(C(N)Cc3ccccc3)o2)ccc1F. The first-order valence-electron chi connectivity index (χ1n) is 7.15. The number of hydrogen-bond acceptors (Lipinski definition) is 3. The number of aryl methyl sites for hydroxylation is 1. The Bertz CT molecular complexity index is 768. The van der Waals surface area contributed by atoms with E-state index in [1.165, 1.54) is 6.07 Å². The van der Waals surface area contributed by atoms with Crippen molar-refractivity contribution >= 4 is 0 Å². The fourth-order valence-electron chi connectivity index (χ4n) is 2.35. The molecule has 2 aromatic carbocycles.